The number of hydrogen-bond donors (Lipinski definition) is 4. The summed E-state index contributed by atoms with van der Waals surface area (Å²) < 4.78 is 0. The van der Waals surface area contributed by atoms with Gasteiger partial charge >= 0.3 is 12.1 Å². The second-order valence-corrected chi connectivity index (χ2v) is 14.0. The number of fused-ring (bicyclic) bond motifs is 2. The standard InChI is InChI=1S/C35H45ClN8O3/c36-29-20-23(19-27-22-38-41-32(27)29)21-31(33(45)42-14-7-25(8-15-42)24-5-12-37-13-6-24)40-34(46)43-16-10-28(11-17-43)44-18-9-26-3-1-2-4-30(26)39-35(44)47/h1-4,19-20,22,24-25,28,31,37H,5-18,21H2,(H,38,41)(H,39,47)(H,40,46). The van der Waals surface area contributed by atoms with Gasteiger partial charge in [-0.1, -0.05) is 29.8 Å². The van der Waals surface area contributed by atoms with Crippen molar-refractivity contribution in [3.05, 3.63) is 58.7 Å². The van der Waals surface area contributed by atoms with E-state index in [2.05, 4.69) is 32.2 Å². The Bertz CT molecular complexity index is 1590. The molecule has 4 aliphatic rings. The number of aromatic amines is 1. The van der Waals surface area contributed by atoms with E-state index in [1.54, 1.807) is 11.1 Å². The summed E-state index contributed by atoms with van der Waals surface area (Å²) in [4.78, 5) is 46.6. The molecule has 0 radical (unpaired) electrons. The number of para-hydroxylation sites is 1. The van der Waals surface area contributed by atoms with Crippen molar-refractivity contribution in [1.29, 1.82) is 0 Å². The molecule has 12 heteroatoms. The Balaban J connectivity index is 1.00. The van der Waals surface area contributed by atoms with Gasteiger partial charge in [-0.2, -0.15) is 5.10 Å². The Morgan fingerprint density at radius 1 is 0.936 bits per heavy atom. The average Bonchev–Trinajstić information content (AvgIpc) is 3.52. The van der Waals surface area contributed by atoms with Crippen LogP contribution in [0.2, 0.25) is 5.02 Å². The molecule has 0 saturated carbocycles. The van der Waals surface area contributed by atoms with E-state index in [-0.39, 0.29) is 24.0 Å². The van der Waals surface area contributed by atoms with Crippen LogP contribution in [0.4, 0.5) is 15.3 Å². The normalized spacial score (nSPS) is 20.9. The summed E-state index contributed by atoms with van der Waals surface area (Å²) in [5.74, 6) is 1.34. The first kappa shape index (κ1) is 31.8. The molecule has 3 aromatic rings. The van der Waals surface area contributed by atoms with Crippen molar-refractivity contribution < 1.29 is 14.4 Å². The summed E-state index contributed by atoms with van der Waals surface area (Å²) in [6.07, 6.45) is 8.66. The summed E-state index contributed by atoms with van der Waals surface area (Å²) in [5, 5.41) is 18.1. The molecule has 1 atom stereocenters. The first-order valence-corrected chi connectivity index (χ1v) is 17.6. The van der Waals surface area contributed by atoms with E-state index in [4.69, 9.17) is 11.6 Å². The zero-order valence-electron chi connectivity index (χ0n) is 26.8. The van der Waals surface area contributed by atoms with E-state index in [0.29, 0.717) is 62.9 Å². The van der Waals surface area contributed by atoms with Crippen LogP contribution in [0.15, 0.2) is 42.6 Å². The van der Waals surface area contributed by atoms with Crippen LogP contribution in [0.25, 0.3) is 10.9 Å². The van der Waals surface area contributed by atoms with Crippen molar-refractivity contribution in [1.82, 2.24) is 35.5 Å². The number of halogens is 1. The second kappa shape index (κ2) is 14.1. The number of H-pyrrole nitrogens is 1. The van der Waals surface area contributed by atoms with Gasteiger partial charge in [0.25, 0.3) is 0 Å². The summed E-state index contributed by atoms with van der Waals surface area (Å²) in [5.41, 5.74) is 3.64. The van der Waals surface area contributed by atoms with Crippen LogP contribution in [-0.4, -0.2) is 101 Å². The van der Waals surface area contributed by atoms with Gasteiger partial charge in [-0.15, -0.1) is 0 Å². The number of amides is 5. The predicted molar refractivity (Wildman–Crippen MR) is 182 cm³/mol. The van der Waals surface area contributed by atoms with Gasteiger partial charge in [0.2, 0.25) is 5.91 Å². The third kappa shape index (κ3) is 7.06. The van der Waals surface area contributed by atoms with Crippen LogP contribution in [0, 0.1) is 11.8 Å². The summed E-state index contributed by atoms with van der Waals surface area (Å²) in [6.45, 7) is 5.28. The number of hydrogen-bond acceptors (Lipinski definition) is 5. The molecular weight excluding hydrogens is 616 g/mol. The quantitative estimate of drug-likeness (QED) is 0.307. The van der Waals surface area contributed by atoms with E-state index in [9.17, 15) is 14.4 Å². The number of rotatable bonds is 6. The number of nitrogens with zero attached hydrogens (tertiary/aromatic N) is 4. The lowest BCUT2D eigenvalue weighted by Gasteiger charge is -2.40. The molecule has 11 nitrogen and oxygen atoms in total. The molecule has 250 valence electrons. The second-order valence-electron chi connectivity index (χ2n) is 13.6. The van der Waals surface area contributed by atoms with Gasteiger partial charge in [0, 0.05) is 56.3 Å². The van der Waals surface area contributed by atoms with Gasteiger partial charge in [0.1, 0.15) is 6.04 Å². The van der Waals surface area contributed by atoms with Crippen molar-refractivity contribution in [2.75, 3.05) is 51.1 Å². The number of anilines is 1. The number of likely N-dealkylation sites (tertiary alicyclic amines) is 2. The highest BCUT2D eigenvalue weighted by molar-refractivity contribution is 6.35. The molecule has 3 saturated heterocycles. The predicted octanol–water partition coefficient (Wildman–Crippen LogP) is 4.63. The maximum Gasteiger partial charge on any atom is 0.322 e. The molecule has 1 unspecified atom stereocenters. The molecule has 4 N–H and O–H groups in total. The van der Waals surface area contributed by atoms with Crippen LogP contribution in [-0.2, 0) is 17.6 Å². The molecule has 1 aromatic heterocycles. The van der Waals surface area contributed by atoms with Crippen LogP contribution in [0.3, 0.4) is 0 Å². The molecule has 5 amide bonds. The smallest absolute Gasteiger partial charge is 0.322 e. The Morgan fingerprint density at radius 2 is 1.66 bits per heavy atom. The van der Waals surface area contributed by atoms with E-state index < -0.39 is 6.04 Å². The monoisotopic (exact) mass is 660 g/mol. The van der Waals surface area contributed by atoms with Crippen molar-refractivity contribution in [2.45, 2.75) is 63.5 Å². The Kier molecular flexibility index (Phi) is 9.53. The van der Waals surface area contributed by atoms with Crippen LogP contribution >= 0.6 is 11.6 Å². The highest BCUT2D eigenvalue weighted by Crippen LogP contribution is 2.32. The molecule has 0 bridgehead atoms. The van der Waals surface area contributed by atoms with Crippen LogP contribution in [0.1, 0.15) is 49.7 Å². The highest BCUT2D eigenvalue weighted by Gasteiger charge is 2.35. The molecular formula is C35H45ClN8O3. The van der Waals surface area contributed by atoms with Gasteiger partial charge in [-0.3, -0.25) is 9.89 Å². The Morgan fingerprint density at radius 3 is 2.45 bits per heavy atom. The molecule has 4 aliphatic heterocycles. The van der Waals surface area contributed by atoms with Crippen molar-refractivity contribution in [3.63, 3.8) is 0 Å². The summed E-state index contributed by atoms with van der Waals surface area (Å²) in [7, 11) is 0. The Hall–Kier alpha value is -3.83. The number of nitrogens with one attached hydrogen (secondary N) is 4. The fraction of sp³-hybridized carbons (Fsp3) is 0.543. The lowest BCUT2D eigenvalue weighted by atomic mass is 9.79. The van der Waals surface area contributed by atoms with Gasteiger partial charge < -0.3 is 30.7 Å². The minimum absolute atomic E-state index is 0.0405. The van der Waals surface area contributed by atoms with Gasteiger partial charge in [0.05, 0.1) is 16.7 Å². The van der Waals surface area contributed by atoms with E-state index in [1.807, 2.05) is 40.1 Å². The maximum absolute atomic E-state index is 14.1. The molecule has 0 spiro atoms. The third-order valence-electron chi connectivity index (χ3n) is 10.8. The minimum atomic E-state index is -0.717. The number of aromatic nitrogens is 2. The molecule has 7 rings (SSSR count). The zero-order valence-corrected chi connectivity index (χ0v) is 27.6. The summed E-state index contributed by atoms with van der Waals surface area (Å²) in [6, 6.07) is 10.8. The number of piperidine rings is 3. The fourth-order valence-corrected chi connectivity index (χ4v) is 8.40. The lowest BCUT2D eigenvalue weighted by Crippen LogP contribution is -2.57. The first-order valence-electron chi connectivity index (χ1n) is 17.2. The molecule has 5 heterocycles. The summed E-state index contributed by atoms with van der Waals surface area (Å²) >= 11 is 6.56. The average molecular weight is 661 g/mol. The van der Waals surface area contributed by atoms with Crippen molar-refractivity contribution >= 4 is 46.2 Å². The number of carbonyl (C=O) groups is 3. The van der Waals surface area contributed by atoms with Crippen molar-refractivity contribution in [2.24, 2.45) is 11.8 Å². The maximum atomic E-state index is 14.1. The number of carbonyl (C=O) groups excluding carboxylic acids is 3. The van der Waals surface area contributed by atoms with Gasteiger partial charge in [-0.05, 0) is 99.2 Å². The van der Waals surface area contributed by atoms with Crippen LogP contribution in [0.5, 0.6) is 0 Å². The Labute approximate surface area is 280 Å². The minimum Gasteiger partial charge on any atom is -0.341 e. The molecule has 47 heavy (non-hydrogen) atoms. The van der Waals surface area contributed by atoms with Gasteiger partial charge in [-0.25, -0.2) is 9.59 Å². The zero-order chi connectivity index (χ0) is 32.3. The lowest BCUT2D eigenvalue weighted by molar-refractivity contribution is -0.135. The molecule has 0 aliphatic carbocycles. The van der Waals surface area contributed by atoms with Gasteiger partial charge in [0.15, 0.2) is 0 Å². The largest absolute Gasteiger partial charge is 0.341 e. The SMILES string of the molecule is O=C(NC(Cc1cc(Cl)c2[nH]ncc2c1)C(=O)N1CCC(C2CCNCC2)CC1)N1CCC(N2CCc3ccccc3NC2=O)CC1. The molecule has 2 aromatic carbocycles. The first-order chi connectivity index (χ1) is 22.9. The highest BCUT2D eigenvalue weighted by atomic mass is 35.5. The molecule has 3 fully saturated rings. The van der Waals surface area contributed by atoms with E-state index >= 15 is 0 Å². The fourth-order valence-electron chi connectivity index (χ4n) is 8.11. The van der Waals surface area contributed by atoms with Crippen molar-refractivity contribution in [3.8, 4) is 0 Å². The topological polar surface area (TPSA) is 126 Å². The van der Waals surface area contributed by atoms with Crippen LogP contribution < -0.4 is 16.0 Å². The van der Waals surface area contributed by atoms with E-state index in [0.717, 1.165) is 66.0 Å². The van der Waals surface area contributed by atoms with E-state index in [1.165, 1.54) is 12.8 Å². The number of urea groups is 2. The number of benzene rings is 2. The third-order valence-corrected chi connectivity index (χ3v) is 11.1.